The topological polar surface area (TPSA) is 78.9 Å². The molecule has 0 radical (unpaired) electrons. The zero-order valence-corrected chi connectivity index (χ0v) is 33.6. The Balaban J connectivity index is 1.25. The lowest BCUT2D eigenvalue weighted by Crippen LogP contribution is -2.33. The van der Waals surface area contributed by atoms with Crippen LogP contribution in [0.4, 0.5) is 34.1 Å². The van der Waals surface area contributed by atoms with E-state index in [0.717, 1.165) is 84.9 Å². The van der Waals surface area contributed by atoms with Crippen molar-refractivity contribution in [1.29, 1.82) is 0 Å². The molecule has 2 aliphatic heterocycles. The molecule has 0 aliphatic carbocycles. The molecule has 0 aromatic heterocycles. The maximum Gasteiger partial charge on any atom is 0.340 e. The SMILES string of the molecule is COc1ccc(N(c2ccc3c(c2)Oc2cc(N(c4ccc(OC)cc4)c4ccc(OC)cc4C)ccc2C32OC(=O)c3ccccc32)c2ccc(OC)cc2C)cc1. The molecule has 59 heavy (non-hydrogen) atoms. The molecule has 0 N–H and O–H groups in total. The number of ether oxygens (including phenoxy) is 6. The molecule has 294 valence electrons. The number of anilines is 6. The van der Waals surface area contributed by atoms with Crippen molar-refractivity contribution >= 4 is 40.1 Å². The van der Waals surface area contributed by atoms with Crippen molar-refractivity contribution < 1.29 is 33.2 Å². The third kappa shape index (κ3) is 6.22. The number of hydrogen-bond donors (Lipinski definition) is 0. The van der Waals surface area contributed by atoms with E-state index in [1.165, 1.54) is 0 Å². The van der Waals surface area contributed by atoms with Gasteiger partial charge in [0.2, 0.25) is 0 Å². The van der Waals surface area contributed by atoms with Crippen LogP contribution in [-0.4, -0.2) is 34.4 Å². The highest BCUT2D eigenvalue weighted by molar-refractivity contribution is 5.97. The van der Waals surface area contributed by atoms with Crippen LogP contribution in [0.5, 0.6) is 34.5 Å². The average Bonchev–Trinajstić information content (AvgIpc) is 3.57. The smallest absolute Gasteiger partial charge is 0.340 e. The summed E-state index contributed by atoms with van der Waals surface area (Å²) in [4.78, 5) is 18.2. The van der Waals surface area contributed by atoms with Gasteiger partial charge in [-0.3, -0.25) is 0 Å². The highest BCUT2D eigenvalue weighted by Crippen LogP contribution is 2.58. The molecule has 0 bridgehead atoms. The Kier molecular flexibility index (Phi) is 9.36. The second kappa shape index (κ2) is 14.8. The van der Waals surface area contributed by atoms with Crippen molar-refractivity contribution in [3.8, 4) is 34.5 Å². The fourth-order valence-electron chi connectivity index (χ4n) is 8.26. The van der Waals surface area contributed by atoms with Crippen LogP contribution in [-0.2, 0) is 10.3 Å². The van der Waals surface area contributed by atoms with Crippen molar-refractivity contribution in [3.63, 3.8) is 0 Å². The first-order valence-corrected chi connectivity index (χ1v) is 19.2. The van der Waals surface area contributed by atoms with Crippen LogP contribution in [0.15, 0.2) is 146 Å². The lowest BCUT2D eigenvalue weighted by atomic mass is 9.77. The van der Waals surface area contributed by atoms with Crippen LogP contribution >= 0.6 is 0 Å². The van der Waals surface area contributed by atoms with Gasteiger partial charge in [0.1, 0.15) is 34.5 Å². The number of benzene rings is 7. The maximum atomic E-state index is 13.8. The molecule has 0 saturated heterocycles. The second-order valence-corrected chi connectivity index (χ2v) is 14.5. The second-order valence-electron chi connectivity index (χ2n) is 14.5. The van der Waals surface area contributed by atoms with Gasteiger partial charge in [0.25, 0.3) is 0 Å². The number of aryl methyl sites for hydroxylation is 2. The van der Waals surface area contributed by atoms with E-state index in [2.05, 4.69) is 23.6 Å². The number of rotatable bonds is 10. The molecule has 0 saturated carbocycles. The zero-order valence-electron chi connectivity index (χ0n) is 33.6. The van der Waals surface area contributed by atoms with Gasteiger partial charge < -0.3 is 38.2 Å². The van der Waals surface area contributed by atoms with Gasteiger partial charge in [-0.1, -0.05) is 18.2 Å². The van der Waals surface area contributed by atoms with E-state index in [-0.39, 0.29) is 0 Å². The van der Waals surface area contributed by atoms with Gasteiger partial charge >= 0.3 is 5.97 Å². The van der Waals surface area contributed by atoms with Crippen molar-refractivity contribution in [1.82, 2.24) is 0 Å². The summed E-state index contributed by atoms with van der Waals surface area (Å²) in [6.45, 7) is 4.12. The summed E-state index contributed by atoms with van der Waals surface area (Å²) in [6, 6.07) is 47.6. The highest BCUT2D eigenvalue weighted by Gasteiger charge is 2.53. The number of methoxy groups -OCH3 is 4. The van der Waals surface area contributed by atoms with E-state index in [0.29, 0.717) is 17.1 Å². The number of nitrogens with zero attached hydrogens (tertiary/aromatic N) is 2. The first-order valence-electron chi connectivity index (χ1n) is 19.2. The van der Waals surface area contributed by atoms with E-state index in [4.69, 9.17) is 28.4 Å². The normalized spacial score (nSPS) is 13.0. The van der Waals surface area contributed by atoms with Gasteiger partial charge in [0, 0.05) is 62.9 Å². The standard InChI is InChI=1S/C50H42N2O7/c1-31-27-39(56-5)21-25-45(31)51(33-11-17-37(54-3)18-12-33)35-15-23-43-47(29-35)58-48-30-36(16-24-44(48)50(43)42-10-8-7-9-41(42)49(53)59-50)52(34-13-19-38(55-4)20-14-34)46-26-22-40(57-6)28-32(46)2/h7-30H,1-6H3. The molecule has 9 nitrogen and oxygen atoms in total. The van der Waals surface area contributed by atoms with Crippen molar-refractivity contribution in [2.45, 2.75) is 19.4 Å². The first kappa shape index (κ1) is 37.2. The number of carbonyl (C=O) groups is 1. The summed E-state index contributed by atoms with van der Waals surface area (Å²) in [5.74, 6) is 3.74. The molecule has 0 atom stereocenters. The van der Waals surface area contributed by atoms with Crippen LogP contribution in [0, 0.1) is 13.8 Å². The Hall–Kier alpha value is -7.39. The Morgan fingerprint density at radius 1 is 0.458 bits per heavy atom. The minimum atomic E-state index is -1.27. The van der Waals surface area contributed by atoms with Crippen molar-refractivity contribution in [2.75, 3.05) is 38.2 Å². The zero-order chi connectivity index (χ0) is 40.8. The fraction of sp³-hybridized carbons (Fsp3) is 0.140. The number of fused-ring (bicyclic) bond motifs is 6. The molecule has 9 rings (SSSR count). The Bertz CT molecular complexity index is 2570. The van der Waals surface area contributed by atoms with E-state index in [1.54, 1.807) is 28.4 Å². The molecule has 1 spiro atoms. The van der Waals surface area contributed by atoms with Gasteiger partial charge in [0.05, 0.1) is 34.0 Å². The van der Waals surface area contributed by atoms with E-state index in [1.807, 2.05) is 146 Å². The molecule has 2 aliphatic rings. The number of esters is 1. The average molecular weight is 783 g/mol. The third-order valence-electron chi connectivity index (χ3n) is 11.1. The van der Waals surface area contributed by atoms with Crippen LogP contribution in [0.1, 0.15) is 38.2 Å². The summed E-state index contributed by atoms with van der Waals surface area (Å²) in [7, 11) is 6.64. The van der Waals surface area contributed by atoms with Crippen LogP contribution in [0.25, 0.3) is 0 Å². The predicted octanol–water partition coefficient (Wildman–Crippen LogP) is 11.8. The highest BCUT2D eigenvalue weighted by atomic mass is 16.6. The summed E-state index contributed by atoms with van der Waals surface area (Å²) in [6.07, 6.45) is 0. The molecule has 0 unspecified atom stereocenters. The summed E-state index contributed by atoms with van der Waals surface area (Å²) in [5, 5.41) is 0. The van der Waals surface area contributed by atoms with E-state index >= 15 is 0 Å². The molecule has 7 aromatic rings. The van der Waals surface area contributed by atoms with Crippen LogP contribution in [0.2, 0.25) is 0 Å². The Morgan fingerprint density at radius 2 is 0.881 bits per heavy atom. The van der Waals surface area contributed by atoms with Crippen molar-refractivity contribution in [3.05, 3.63) is 179 Å². The largest absolute Gasteiger partial charge is 0.497 e. The van der Waals surface area contributed by atoms with Gasteiger partial charge in [-0.2, -0.15) is 0 Å². The monoisotopic (exact) mass is 782 g/mol. The maximum absolute atomic E-state index is 13.8. The summed E-state index contributed by atoms with van der Waals surface area (Å²) < 4.78 is 35.8. The van der Waals surface area contributed by atoms with Gasteiger partial charge in [-0.05, 0) is 140 Å². The molecule has 9 heteroatoms. The van der Waals surface area contributed by atoms with E-state index in [9.17, 15) is 4.79 Å². The Morgan fingerprint density at radius 3 is 1.32 bits per heavy atom. The molecular formula is C50H42N2O7. The molecule has 0 amide bonds. The predicted molar refractivity (Wildman–Crippen MR) is 230 cm³/mol. The minimum absolute atomic E-state index is 0.394. The lowest BCUT2D eigenvalue weighted by Gasteiger charge is -2.38. The lowest BCUT2D eigenvalue weighted by molar-refractivity contribution is 0.0224. The molecule has 0 fully saturated rings. The number of hydrogen-bond acceptors (Lipinski definition) is 9. The fourth-order valence-corrected chi connectivity index (χ4v) is 8.26. The molecule has 2 heterocycles. The molecular weight excluding hydrogens is 741 g/mol. The van der Waals surface area contributed by atoms with E-state index < -0.39 is 11.6 Å². The Labute approximate surface area is 343 Å². The summed E-state index contributed by atoms with van der Waals surface area (Å²) >= 11 is 0. The van der Waals surface area contributed by atoms with Crippen LogP contribution < -0.4 is 33.5 Å². The third-order valence-corrected chi connectivity index (χ3v) is 11.1. The quantitative estimate of drug-likeness (QED) is 0.126. The van der Waals surface area contributed by atoms with Crippen molar-refractivity contribution in [2.24, 2.45) is 0 Å². The number of carbonyl (C=O) groups excluding carboxylic acids is 1. The summed E-state index contributed by atoms with van der Waals surface area (Å²) in [5.41, 5.74) is 8.87. The van der Waals surface area contributed by atoms with Gasteiger partial charge in [0.15, 0.2) is 5.60 Å². The van der Waals surface area contributed by atoms with Gasteiger partial charge in [-0.25, -0.2) is 4.79 Å². The van der Waals surface area contributed by atoms with Crippen LogP contribution in [0.3, 0.4) is 0 Å². The first-order chi connectivity index (χ1) is 28.8. The van der Waals surface area contributed by atoms with Gasteiger partial charge in [-0.15, -0.1) is 0 Å². The molecule has 7 aromatic carbocycles. The minimum Gasteiger partial charge on any atom is -0.497 e.